The Labute approximate surface area is 115 Å². The van der Waals surface area contributed by atoms with Gasteiger partial charge in [0.15, 0.2) is 0 Å². The average Bonchev–Trinajstić information content (AvgIpc) is 2.39. The van der Waals surface area contributed by atoms with Gasteiger partial charge in [-0.1, -0.05) is 12.1 Å². The van der Waals surface area contributed by atoms with E-state index >= 15 is 0 Å². The maximum absolute atomic E-state index is 5.61. The minimum absolute atomic E-state index is 0.123. The van der Waals surface area contributed by atoms with Gasteiger partial charge in [0, 0.05) is 16.0 Å². The third kappa shape index (κ3) is 3.49. The summed E-state index contributed by atoms with van der Waals surface area (Å²) < 4.78 is 1.24. The molecule has 2 rings (SSSR count). The van der Waals surface area contributed by atoms with Crippen molar-refractivity contribution in [3.05, 3.63) is 63.5 Å². The number of nitrogens with one attached hydrogen (secondary N) is 1. The molecule has 0 radical (unpaired) electrons. The SMILES string of the molecule is NNC(Cc1ccc(I)cc1)c1ccncc1. The number of nitrogens with zero attached hydrogens (tertiary/aromatic N) is 1. The summed E-state index contributed by atoms with van der Waals surface area (Å²) in [6.45, 7) is 0. The summed E-state index contributed by atoms with van der Waals surface area (Å²) in [6, 6.07) is 12.6. The summed E-state index contributed by atoms with van der Waals surface area (Å²) in [4.78, 5) is 4.01. The monoisotopic (exact) mass is 339 g/mol. The fraction of sp³-hybridized carbons (Fsp3) is 0.154. The highest BCUT2D eigenvalue weighted by molar-refractivity contribution is 14.1. The molecule has 1 heterocycles. The number of pyridine rings is 1. The van der Waals surface area contributed by atoms with Crippen LogP contribution in [0.3, 0.4) is 0 Å². The molecule has 0 fully saturated rings. The predicted octanol–water partition coefficient (Wildman–Crippen LogP) is 2.43. The predicted molar refractivity (Wildman–Crippen MR) is 77.2 cm³/mol. The lowest BCUT2D eigenvalue weighted by atomic mass is 10.0. The molecule has 0 amide bonds. The van der Waals surface area contributed by atoms with E-state index in [1.165, 1.54) is 9.13 Å². The Morgan fingerprint density at radius 1 is 1.12 bits per heavy atom. The topological polar surface area (TPSA) is 50.9 Å². The Morgan fingerprint density at radius 3 is 2.35 bits per heavy atom. The molecule has 3 N–H and O–H groups in total. The lowest BCUT2D eigenvalue weighted by Gasteiger charge is -2.16. The zero-order valence-electron chi connectivity index (χ0n) is 9.31. The van der Waals surface area contributed by atoms with Crippen LogP contribution in [-0.4, -0.2) is 4.98 Å². The molecule has 4 heteroatoms. The molecule has 0 aliphatic heterocycles. The lowest BCUT2D eigenvalue weighted by Crippen LogP contribution is -2.29. The van der Waals surface area contributed by atoms with E-state index in [2.05, 4.69) is 57.3 Å². The van der Waals surface area contributed by atoms with Crippen molar-refractivity contribution < 1.29 is 0 Å². The number of hydrazine groups is 1. The van der Waals surface area contributed by atoms with Gasteiger partial charge >= 0.3 is 0 Å². The van der Waals surface area contributed by atoms with Crippen LogP contribution in [-0.2, 0) is 6.42 Å². The average molecular weight is 339 g/mol. The van der Waals surface area contributed by atoms with Crippen molar-refractivity contribution in [2.75, 3.05) is 0 Å². The quantitative estimate of drug-likeness (QED) is 0.511. The highest BCUT2D eigenvalue weighted by Crippen LogP contribution is 2.17. The van der Waals surface area contributed by atoms with Gasteiger partial charge < -0.3 is 0 Å². The summed E-state index contributed by atoms with van der Waals surface area (Å²) in [6.07, 6.45) is 4.44. The van der Waals surface area contributed by atoms with Gasteiger partial charge in [-0.15, -0.1) is 0 Å². The highest BCUT2D eigenvalue weighted by atomic mass is 127. The first-order chi connectivity index (χ1) is 8.29. The van der Waals surface area contributed by atoms with Crippen LogP contribution in [0.15, 0.2) is 48.8 Å². The third-order valence-electron chi connectivity index (χ3n) is 2.66. The smallest absolute Gasteiger partial charge is 0.0501 e. The molecule has 1 atom stereocenters. The van der Waals surface area contributed by atoms with Gasteiger partial charge in [0.05, 0.1) is 6.04 Å². The van der Waals surface area contributed by atoms with Crippen LogP contribution in [0, 0.1) is 3.57 Å². The van der Waals surface area contributed by atoms with Crippen LogP contribution < -0.4 is 11.3 Å². The fourth-order valence-corrected chi connectivity index (χ4v) is 2.08. The fourth-order valence-electron chi connectivity index (χ4n) is 1.72. The molecule has 17 heavy (non-hydrogen) atoms. The van der Waals surface area contributed by atoms with Gasteiger partial charge in [-0.25, -0.2) is 0 Å². The van der Waals surface area contributed by atoms with Crippen LogP contribution in [0.2, 0.25) is 0 Å². The van der Waals surface area contributed by atoms with Crippen LogP contribution in [0.5, 0.6) is 0 Å². The van der Waals surface area contributed by atoms with Crippen LogP contribution in [0.4, 0.5) is 0 Å². The molecule has 1 aromatic heterocycles. The third-order valence-corrected chi connectivity index (χ3v) is 3.38. The minimum Gasteiger partial charge on any atom is -0.271 e. The molecule has 88 valence electrons. The number of rotatable bonds is 4. The van der Waals surface area contributed by atoms with E-state index in [-0.39, 0.29) is 6.04 Å². The Hall–Kier alpha value is -0.980. The molecule has 0 saturated heterocycles. The summed E-state index contributed by atoms with van der Waals surface area (Å²) in [7, 11) is 0. The molecule has 1 unspecified atom stereocenters. The Morgan fingerprint density at radius 2 is 1.76 bits per heavy atom. The van der Waals surface area contributed by atoms with Crippen LogP contribution in [0.25, 0.3) is 0 Å². The van der Waals surface area contributed by atoms with E-state index in [0.29, 0.717) is 0 Å². The van der Waals surface area contributed by atoms with E-state index in [1.807, 2.05) is 12.1 Å². The number of hydrogen-bond acceptors (Lipinski definition) is 3. The molecule has 2 aromatic rings. The summed E-state index contributed by atoms with van der Waals surface area (Å²) >= 11 is 2.30. The number of aromatic nitrogens is 1. The normalized spacial score (nSPS) is 12.4. The zero-order chi connectivity index (χ0) is 12.1. The number of nitrogens with two attached hydrogens (primary N) is 1. The Balaban J connectivity index is 2.13. The maximum atomic E-state index is 5.61. The van der Waals surface area contributed by atoms with Gasteiger partial charge in [-0.2, -0.15) is 0 Å². The largest absolute Gasteiger partial charge is 0.271 e. The molecular weight excluding hydrogens is 325 g/mol. The summed E-state index contributed by atoms with van der Waals surface area (Å²) in [5, 5.41) is 0. The molecular formula is C13H14IN3. The van der Waals surface area contributed by atoms with E-state index in [9.17, 15) is 0 Å². The van der Waals surface area contributed by atoms with Gasteiger partial charge in [0.25, 0.3) is 0 Å². The molecule has 0 aliphatic rings. The van der Waals surface area contributed by atoms with Gasteiger partial charge in [-0.3, -0.25) is 16.3 Å². The second-order valence-corrected chi connectivity index (χ2v) is 5.08. The van der Waals surface area contributed by atoms with Crippen molar-refractivity contribution in [2.24, 2.45) is 5.84 Å². The highest BCUT2D eigenvalue weighted by Gasteiger charge is 2.09. The molecule has 0 aliphatic carbocycles. The van der Waals surface area contributed by atoms with Crippen LogP contribution in [0.1, 0.15) is 17.2 Å². The first kappa shape index (κ1) is 12.5. The first-order valence-electron chi connectivity index (χ1n) is 5.40. The second kappa shape index (κ2) is 6.09. The van der Waals surface area contributed by atoms with Gasteiger partial charge in [0.2, 0.25) is 0 Å². The molecule has 0 spiro atoms. The standard InChI is InChI=1S/C13H14IN3/c14-12-3-1-10(2-4-12)9-13(17-15)11-5-7-16-8-6-11/h1-8,13,17H,9,15H2. The number of hydrogen-bond donors (Lipinski definition) is 2. The minimum atomic E-state index is 0.123. The van der Waals surface area contributed by atoms with Crippen molar-refractivity contribution in [2.45, 2.75) is 12.5 Å². The molecule has 1 aromatic carbocycles. The first-order valence-corrected chi connectivity index (χ1v) is 6.48. The van der Waals surface area contributed by atoms with Crippen molar-refractivity contribution in [3.8, 4) is 0 Å². The van der Waals surface area contributed by atoms with Gasteiger partial charge in [0.1, 0.15) is 0 Å². The lowest BCUT2D eigenvalue weighted by molar-refractivity contribution is 0.551. The van der Waals surface area contributed by atoms with Crippen LogP contribution >= 0.6 is 22.6 Å². The molecule has 0 bridgehead atoms. The summed E-state index contributed by atoms with van der Waals surface area (Å²) in [5.74, 6) is 5.61. The maximum Gasteiger partial charge on any atom is 0.0501 e. The van der Waals surface area contributed by atoms with E-state index in [4.69, 9.17) is 5.84 Å². The zero-order valence-corrected chi connectivity index (χ0v) is 11.5. The van der Waals surface area contributed by atoms with Crippen molar-refractivity contribution in [1.82, 2.24) is 10.4 Å². The van der Waals surface area contributed by atoms with Crippen molar-refractivity contribution in [3.63, 3.8) is 0 Å². The van der Waals surface area contributed by atoms with Crippen molar-refractivity contribution in [1.29, 1.82) is 0 Å². The summed E-state index contributed by atoms with van der Waals surface area (Å²) in [5.41, 5.74) is 5.27. The molecule has 0 saturated carbocycles. The Kier molecular flexibility index (Phi) is 4.47. The Bertz CT molecular complexity index is 456. The van der Waals surface area contributed by atoms with E-state index in [0.717, 1.165) is 12.0 Å². The number of halogens is 1. The second-order valence-electron chi connectivity index (χ2n) is 3.83. The van der Waals surface area contributed by atoms with E-state index in [1.54, 1.807) is 12.4 Å². The van der Waals surface area contributed by atoms with E-state index < -0.39 is 0 Å². The molecule has 3 nitrogen and oxygen atoms in total. The van der Waals surface area contributed by atoms with Gasteiger partial charge in [-0.05, 0) is 64.4 Å². The van der Waals surface area contributed by atoms with Crippen molar-refractivity contribution >= 4 is 22.6 Å². The number of benzene rings is 1.